The van der Waals surface area contributed by atoms with E-state index in [9.17, 15) is 9.59 Å². The van der Waals surface area contributed by atoms with Crippen LogP contribution in [0.25, 0.3) is 6.08 Å². The van der Waals surface area contributed by atoms with Gasteiger partial charge in [-0.15, -0.1) is 0 Å². The highest BCUT2D eigenvalue weighted by Gasteiger charge is 2.10. The zero-order chi connectivity index (χ0) is 16.3. The minimum Gasteiger partial charge on any atom is -0.461 e. The summed E-state index contributed by atoms with van der Waals surface area (Å²) >= 11 is 0. The molecule has 3 nitrogen and oxygen atoms in total. The molecule has 0 aliphatic carbocycles. The summed E-state index contributed by atoms with van der Waals surface area (Å²) < 4.78 is 5.04. The van der Waals surface area contributed by atoms with Crippen molar-refractivity contribution in [1.82, 2.24) is 0 Å². The van der Waals surface area contributed by atoms with Gasteiger partial charge in [0, 0.05) is 6.42 Å². The van der Waals surface area contributed by atoms with Crippen molar-refractivity contribution in [2.75, 3.05) is 6.61 Å². The molecule has 0 amide bonds. The maximum absolute atomic E-state index is 11.8. The summed E-state index contributed by atoms with van der Waals surface area (Å²) in [5.74, 6) is -0.563. The van der Waals surface area contributed by atoms with E-state index in [0.717, 1.165) is 11.1 Å². The van der Waals surface area contributed by atoms with Crippen molar-refractivity contribution in [2.45, 2.75) is 19.3 Å². The molecule has 0 N–H and O–H groups in total. The van der Waals surface area contributed by atoms with Crippen molar-refractivity contribution in [3.63, 3.8) is 0 Å². The van der Waals surface area contributed by atoms with Gasteiger partial charge in [-0.05, 0) is 23.6 Å². The lowest BCUT2D eigenvalue weighted by molar-refractivity contribution is -0.144. The highest BCUT2D eigenvalue weighted by molar-refractivity contribution is 5.95. The third kappa shape index (κ3) is 6.74. The van der Waals surface area contributed by atoms with Crippen LogP contribution in [0.3, 0.4) is 0 Å². The highest BCUT2D eigenvalue weighted by Crippen LogP contribution is 2.05. The Morgan fingerprint density at radius 2 is 1.57 bits per heavy atom. The number of esters is 1. The molecule has 0 atom stereocenters. The van der Waals surface area contributed by atoms with Crippen LogP contribution < -0.4 is 0 Å². The molecule has 0 radical (unpaired) electrons. The monoisotopic (exact) mass is 308 g/mol. The van der Waals surface area contributed by atoms with Crippen LogP contribution >= 0.6 is 0 Å². The van der Waals surface area contributed by atoms with Crippen LogP contribution in [0.2, 0.25) is 0 Å². The van der Waals surface area contributed by atoms with E-state index in [1.807, 2.05) is 66.7 Å². The lowest BCUT2D eigenvalue weighted by atomic mass is 10.1. The zero-order valence-electron chi connectivity index (χ0n) is 13.0. The van der Waals surface area contributed by atoms with Gasteiger partial charge < -0.3 is 4.74 Å². The van der Waals surface area contributed by atoms with E-state index in [4.69, 9.17) is 4.74 Å². The number of benzene rings is 2. The van der Waals surface area contributed by atoms with Crippen LogP contribution in [-0.2, 0) is 20.7 Å². The molecular formula is C20H20O3. The Morgan fingerprint density at radius 3 is 2.26 bits per heavy atom. The first kappa shape index (κ1) is 16.7. The smallest absolute Gasteiger partial charge is 0.313 e. The summed E-state index contributed by atoms with van der Waals surface area (Å²) in [7, 11) is 0. The molecule has 0 aromatic heterocycles. The van der Waals surface area contributed by atoms with E-state index in [1.54, 1.807) is 6.08 Å². The van der Waals surface area contributed by atoms with Crippen LogP contribution in [0.1, 0.15) is 24.0 Å². The molecule has 118 valence electrons. The molecule has 2 rings (SSSR count). The predicted octanol–water partition coefficient (Wildman–Crippen LogP) is 3.84. The molecular weight excluding hydrogens is 288 g/mol. The standard InChI is InChI=1S/C20H20O3/c21-19(14-13-18-10-5-2-6-11-18)16-20(22)23-15-7-12-17-8-3-1-4-9-17/h1-12H,13-16H2/b12-7+. The Hall–Kier alpha value is -2.68. The van der Waals surface area contributed by atoms with E-state index in [-0.39, 0.29) is 18.8 Å². The largest absolute Gasteiger partial charge is 0.461 e. The van der Waals surface area contributed by atoms with Crippen LogP contribution in [0.5, 0.6) is 0 Å². The zero-order valence-corrected chi connectivity index (χ0v) is 13.0. The molecule has 0 aliphatic rings. The highest BCUT2D eigenvalue weighted by atomic mass is 16.5. The Morgan fingerprint density at radius 1 is 0.913 bits per heavy atom. The second-order valence-corrected chi connectivity index (χ2v) is 5.20. The number of Topliss-reactive ketones (excluding diaryl/α,β-unsaturated/α-hetero) is 1. The van der Waals surface area contributed by atoms with Crippen molar-refractivity contribution in [1.29, 1.82) is 0 Å². The number of carbonyl (C=O) groups excluding carboxylic acids is 2. The molecule has 0 unspecified atom stereocenters. The van der Waals surface area contributed by atoms with Gasteiger partial charge in [-0.25, -0.2) is 0 Å². The van der Waals surface area contributed by atoms with Crippen molar-refractivity contribution >= 4 is 17.8 Å². The Kier molecular flexibility index (Phi) is 6.79. The number of hydrogen-bond acceptors (Lipinski definition) is 3. The first-order chi connectivity index (χ1) is 11.2. The van der Waals surface area contributed by atoms with Gasteiger partial charge in [0.2, 0.25) is 0 Å². The summed E-state index contributed by atoms with van der Waals surface area (Å²) in [6.07, 6.45) is 4.50. The predicted molar refractivity (Wildman–Crippen MR) is 90.8 cm³/mol. The molecule has 0 saturated carbocycles. The molecule has 0 aliphatic heterocycles. The van der Waals surface area contributed by atoms with E-state index < -0.39 is 5.97 Å². The fourth-order valence-corrected chi connectivity index (χ4v) is 2.12. The normalized spacial score (nSPS) is 10.6. The molecule has 23 heavy (non-hydrogen) atoms. The maximum Gasteiger partial charge on any atom is 0.313 e. The summed E-state index contributed by atoms with van der Waals surface area (Å²) in [4.78, 5) is 23.4. The van der Waals surface area contributed by atoms with Crippen LogP contribution in [0.4, 0.5) is 0 Å². The third-order valence-electron chi connectivity index (χ3n) is 3.33. The van der Waals surface area contributed by atoms with Gasteiger partial charge in [0.15, 0.2) is 0 Å². The summed E-state index contributed by atoms with van der Waals surface area (Å²) in [6.45, 7) is 0.180. The van der Waals surface area contributed by atoms with Crippen molar-refractivity contribution in [3.05, 3.63) is 77.9 Å². The fourth-order valence-electron chi connectivity index (χ4n) is 2.12. The number of hydrogen-bond donors (Lipinski definition) is 0. The molecule has 2 aromatic rings. The minimum atomic E-state index is -0.472. The van der Waals surface area contributed by atoms with Crippen molar-refractivity contribution in [2.24, 2.45) is 0 Å². The second kappa shape index (κ2) is 9.36. The van der Waals surface area contributed by atoms with Crippen LogP contribution in [0.15, 0.2) is 66.7 Å². The second-order valence-electron chi connectivity index (χ2n) is 5.20. The lowest BCUT2D eigenvalue weighted by Crippen LogP contribution is -2.12. The van der Waals surface area contributed by atoms with Crippen LogP contribution in [-0.4, -0.2) is 18.4 Å². The third-order valence-corrected chi connectivity index (χ3v) is 3.33. The Bertz CT molecular complexity index is 645. The molecule has 0 fully saturated rings. The first-order valence-electron chi connectivity index (χ1n) is 7.67. The molecule has 2 aromatic carbocycles. The maximum atomic E-state index is 11.8. The fraction of sp³-hybridized carbons (Fsp3) is 0.200. The number of aryl methyl sites for hydroxylation is 1. The number of ketones is 1. The number of rotatable bonds is 8. The lowest BCUT2D eigenvalue weighted by Gasteiger charge is -2.02. The van der Waals surface area contributed by atoms with Gasteiger partial charge in [0.1, 0.15) is 18.8 Å². The minimum absolute atomic E-state index is 0.0918. The summed E-state index contributed by atoms with van der Waals surface area (Å²) in [6, 6.07) is 19.5. The van der Waals surface area contributed by atoms with Gasteiger partial charge in [0.05, 0.1) is 0 Å². The van der Waals surface area contributed by atoms with E-state index in [0.29, 0.717) is 12.8 Å². The van der Waals surface area contributed by atoms with Gasteiger partial charge in [-0.2, -0.15) is 0 Å². The summed E-state index contributed by atoms with van der Waals surface area (Å²) in [5, 5.41) is 0. The first-order valence-corrected chi connectivity index (χ1v) is 7.67. The molecule has 0 spiro atoms. The molecule has 0 bridgehead atoms. The average Bonchev–Trinajstić information content (AvgIpc) is 2.59. The van der Waals surface area contributed by atoms with E-state index in [1.165, 1.54) is 0 Å². The van der Waals surface area contributed by atoms with Gasteiger partial charge in [-0.3, -0.25) is 9.59 Å². The average molecular weight is 308 g/mol. The topological polar surface area (TPSA) is 43.4 Å². The summed E-state index contributed by atoms with van der Waals surface area (Å²) in [5.41, 5.74) is 2.14. The van der Waals surface area contributed by atoms with Crippen molar-refractivity contribution in [3.8, 4) is 0 Å². The van der Waals surface area contributed by atoms with Crippen molar-refractivity contribution < 1.29 is 14.3 Å². The van der Waals surface area contributed by atoms with Gasteiger partial charge in [0.25, 0.3) is 0 Å². The SMILES string of the molecule is O=C(CCc1ccccc1)CC(=O)OC/C=C/c1ccccc1. The Balaban J connectivity index is 1.64. The molecule has 0 heterocycles. The van der Waals surface area contributed by atoms with Gasteiger partial charge in [-0.1, -0.05) is 66.7 Å². The number of ether oxygens (including phenoxy) is 1. The van der Waals surface area contributed by atoms with Crippen LogP contribution in [0, 0.1) is 0 Å². The molecule has 0 saturated heterocycles. The van der Waals surface area contributed by atoms with E-state index in [2.05, 4.69) is 0 Å². The quantitative estimate of drug-likeness (QED) is 0.550. The van der Waals surface area contributed by atoms with E-state index >= 15 is 0 Å². The van der Waals surface area contributed by atoms with Gasteiger partial charge >= 0.3 is 5.97 Å². The molecule has 3 heteroatoms. The Labute approximate surface area is 136 Å². The number of carbonyl (C=O) groups is 2.